The topological polar surface area (TPSA) is 12.5 Å². The molecule has 0 N–H and O–H groups in total. The van der Waals surface area contributed by atoms with E-state index >= 15 is 0 Å². The van der Waals surface area contributed by atoms with E-state index in [1.165, 1.54) is 22.6 Å². The Bertz CT molecular complexity index is 658. The molecule has 0 aliphatic carbocycles. The maximum Gasteiger partial charge on any atom is 0.119 e. The molecule has 0 spiro atoms. The number of rotatable bonds is 6. The Morgan fingerprint density at radius 2 is 1.75 bits per heavy atom. The average molecular weight is 320 g/mol. The molecule has 0 saturated carbocycles. The molecular formula is C22H26NO. The molecule has 0 fully saturated rings. The summed E-state index contributed by atoms with van der Waals surface area (Å²) in [5, 5.41) is 0. The zero-order chi connectivity index (χ0) is 16.8. The third-order valence-corrected chi connectivity index (χ3v) is 4.31. The number of benzene rings is 2. The predicted octanol–water partition coefficient (Wildman–Crippen LogP) is 4.97. The molecule has 1 aliphatic rings. The van der Waals surface area contributed by atoms with E-state index in [1.54, 1.807) is 0 Å². The molecule has 2 heteroatoms. The monoisotopic (exact) mass is 320 g/mol. The lowest BCUT2D eigenvalue weighted by Crippen LogP contribution is -2.31. The first-order valence-electron chi connectivity index (χ1n) is 8.68. The van der Waals surface area contributed by atoms with Crippen molar-refractivity contribution in [1.29, 1.82) is 0 Å². The van der Waals surface area contributed by atoms with E-state index in [1.807, 2.05) is 18.2 Å². The van der Waals surface area contributed by atoms with Gasteiger partial charge in [-0.1, -0.05) is 62.4 Å². The van der Waals surface area contributed by atoms with E-state index in [0.29, 0.717) is 6.61 Å². The molecular weight excluding hydrogens is 294 g/mol. The van der Waals surface area contributed by atoms with Crippen molar-refractivity contribution in [2.75, 3.05) is 19.6 Å². The van der Waals surface area contributed by atoms with Gasteiger partial charge in [0, 0.05) is 19.6 Å². The molecule has 125 valence electrons. The van der Waals surface area contributed by atoms with Crippen LogP contribution in [0.15, 0.2) is 60.7 Å². The van der Waals surface area contributed by atoms with E-state index in [0.717, 1.165) is 31.8 Å². The molecule has 0 atom stereocenters. The summed E-state index contributed by atoms with van der Waals surface area (Å²) in [6.45, 7) is 8.32. The van der Waals surface area contributed by atoms with Crippen molar-refractivity contribution in [1.82, 2.24) is 4.90 Å². The van der Waals surface area contributed by atoms with E-state index in [2.05, 4.69) is 61.2 Å². The summed E-state index contributed by atoms with van der Waals surface area (Å²) >= 11 is 0. The van der Waals surface area contributed by atoms with Crippen LogP contribution in [0, 0.1) is 5.92 Å². The van der Waals surface area contributed by atoms with Crippen molar-refractivity contribution in [3.63, 3.8) is 0 Å². The molecule has 0 bridgehead atoms. The van der Waals surface area contributed by atoms with Gasteiger partial charge in [0.1, 0.15) is 12.4 Å². The summed E-state index contributed by atoms with van der Waals surface area (Å²) < 4.78 is 5.86. The van der Waals surface area contributed by atoms with Gasteiger partial charge in [-0.15, -0.1) is 0 Å². The number of hydrogen-bond acceptors (Lipinski definition) is 2. The molecule has 1 heterocycles. The van der Waals surface area contributed by atoms with Gasteiger partial charge in [-0.05, 0) is 41.2 Å². The Morgan fingerprint density at radius 1 is 1.00 bits per heavy atom. The van der Waals surface area contributed by atoms with Crippen LogP contribution in [0.1, 0.15) is 31.4 Å². The summed E-state index contributed by atoms with van der Waals surface area (Å²) in [5.41, 5.74) is 3.97. The van der Waals surface area contributed by atoms with Crippen LogP contribution in [-0.4, -0.2) is 24.5 Å². The van der Waals surface area contributed by atoms with Crippen LogP contribution < -0.4 is 4.74 Å². The second-order valence-electron chi connectivity index (χ2n) is 6.72. The minimum Gasteiger partial charge on any atom is -0.489 e. The SMILES string of the molecule is C[C](C)CN1CC=C(c2ccc(OCc3ccccc3)cc2)CC1. The van der Waals surface area contributed by atoms with E-state index in [9.17, 15) is 0 Å². The second kappa shape index (κ2) is 8.16. The quantitative estimate of drug-likeness (QED) is 0.745. The van der Waals surface area contributed by atoms with Gasteiger partial charge in [0.25, 0.3) is 0 Å². The van der Waals surface area contributed by atoms with E-state index in [4.69, 9.17) is 4.74 Å². The fourth-order valence-electron chi connectivity index (χ4n) is 3.07. The smallest absolute Gasteiger partial charge is 0.119 e. The van der Waals surface area contributed by atoms with Crippen LogP contribution in [0.25, 0.3) is 5.57 Å². The van der Waals surface area contributed by atoms with Crippen molar-refractivity contribution in [2.24, 2.45) is 0 Å². The highest BCUT2D eigenvalue weighted by Crippen LogP contribution is 2.25. The Kier molecular flexibility index (Phi) is 5.71. The molecule has 0 unspecified atom stereocenters. The minimum absolute atomic E-state index is 0.616. The van der Waals surface area contributed by atoms with Crippen LogP contribution >= 0.6 is 0 Å². The molecule has 0 aromatic heterocycles. The van der Waals surface area contributed by atoms with Crippen LogP contribution in [0.2, 0.25) is 0 Å². The number of nitrogens with zero attached hydrogens (tertiary/aromatic N) is 1. The van der Waals surface area contributed by atoms with Crippen LogP contribution in [0.3, 0.4) is 0 Å². The van der Waals surface area contributed by atoms with Gasteiger partial charge >= 0.3 is 0 Å². The van der Waals surface area contributed by atoms with Crippen molar-refractivity contribution < 1.29 is 4.74 Å². The van der Waals surface area contributed by atoms with E-state index < -0.39 is 0 Å². The van der Waals surface area contributed by atoms with Crippen molar-refractivity contribution in [3.8, 4) is 5.75 Å². The third kappa shape index (κ3) is 4.72. The molecule has 2 aromatic carbocycles. The van der Waals surface area contributed by atoms with Gasteiger partial charge in [-0.25, -0.2) is 0 Å². The lowest BCUT2D eigenvalue weighted by Gasteiger charge is -2.27. The normalized spacial score (nSPS) is 15.4. The Balaban J connectivity index is 1.56. The van der Waals surface area contributed by atoms with Gasteiger partial charge in [-0.3, -0.25) is 4.90 Å². The zero-order valence-electron chi connectivity index (χ0n) is 14.7. The van der Waals surface area contributed by atoms with Crippen LogP contribution in [0.4, 0.5) is 0 Å². The molecule has 1 radical (unpaired) electrons. The van der Waals surface area contributed by atoms with Gasteiger partial charge in [0.05, 0.1) is 0 Å². The first-order valence-corrected chi connectivity index (χ1v) is 8.68. The largest absolute Gasteiger partial charge is 0.489 e. The molecule has 2 nitrogen and oxygen atoms in total. The molecule has 1 aliphatic heterocycles. The molecule has 0 saturated heterocycles. The molecule has 3 rings (SSSR count). The Morgan fingerprint density at radius 3 is 2.38 bits per heavy atom. The summed E-state index contributed by atoms with van der Waals surface area (Å²) in [7, 11) is 0. The highest BCUT2D eigenvalue weighted by Gasteiger charge is 2.13. The molecule has 0 amide bonds. The zero-order valence-corrected chi connectivity index (χ0v) is 14.7. The summed E-state index contributed by atoms with van der Waals surface area (Å²) in [5.74, 6) is 2.41. The lowest BCUT2D eigenvalue weighted by molar-refractivity contribution is 0.306. The highest BCUT2D eigenvalue weighted by molar-refractivity contribution is 5.67. The Hall–Kier alpha value is -2.06. The van der Waals surface area contributed by atoms with E-state index in [-0.39, 0.29) is 0 Å². The summed E-state index contributed by atoms with van der Waals surface area (Å²) in [6, 6.07) is 18.8. The van der Waals surface area contributed by atoms with Gasteiger partial charge in [0.15, 0.2) is 0 Å². The maximum absolute atomic E-state index is 5.86. The maximum atomic E-state index is 5.86. The second-order valence-corrected chi connectivity index (χ2v) is 6.72. The fourth-order valence-corrected chi connectivity index (χ4v) is 3.07. The van der Waals surface area contributed by atoms with Gasteiger partial charge in [-0.2, -0.15) is 0 Å². The highest BCUT2D eigenvalue weighted by atomic mass is 16.5. The van der Waals surface area contributed by atoms with Crippen LogP contribution in [0.5, 0.6) is 5.75 Å². The van der Waals surface area contributed by atoms with Gasteiger partial charge in [0.2, 0.25) is 0 Å². The van der Waals surface area contributed by atoms with Crippen molar-refractivity contribution >= 4 is 5.57 Å². The molecule has 24 heavy (non-hydrogen) atoms. The molecule has 2 aromatic rings. The third-order valence-electron chi connectivity index (χ3n) is 4.31. The summed E-state index contributed by atoms with van der Waals surface area (Å²) in [4.78, 5) is 2.50. The minimum atomic E-state index is 0.616. The lowest BCUT2D eigenvalue weighted by atomic mass is 9.99. The first-order chi connectivity index (χ1) is 11.7. The van der Waals surface area contributed by atoms with Crippen molar-refractivity contribution in [3.05, 3.63) is 77.7 Å². The standard InChI is InChI=1S/C22H26NO/c1-18(2)16-23-14-12-21(13-15-23)20-8-10-22(11-9-20)24-17-19-6-4-3-5-7-19/h3-12H,13-17H2,1-2H3. The Labute approximate surface area is 145 Å². The predicted molar refractivity (Wildman–Crippen MR) is 101 cm³/mol. The van der Waals surface area contributed by atoms with Crippen LogP contribution in [-0.2, 0) is 6.61 Å². The first kappa shape index (κ1) is 16.8. The number of ether oxygens (including phenoxy) is 1. The average Bonchev–Trinajstić information content (AvgIpc) is 2.62. The fraction of sp³-hybridized carbons (Fsp3) is 0.318. The van der Waals surface area contributed by atoms with Gasteiger partial charge < -0.3 is 4.74 Å². The number of hydrogen-bond donors (Lipinski definition) is 0. The van der Waals surface area contributed by atoms with Crippen molar-refractivity contribution in [2.45, 2.75) is 26.9 Å². The summed E-state index contributed by atoms with van der Waals surface area (Å²) in [6.07, 6.45) is 3.49.